The van der Waals surface area contributed by atoms with Crippen LogP contribution < -0.4 is 0 Å². The SMILES string of the molecule is C[Si](C)(Cl)CCCOC=O. The molecule has 0 heterocycles. The van der Waals surface area contributed by atoms with Gasteiger partial charge < -0.3 is 4.74 Å². The molecule has 0 aromatic heterocycles. The van der Waals surface area contributed by atoms with Crippen molar-refractivity contribution < 1.29 is 9.53 Å². The molecule has 0 fully saturated rings. The van der Waals surface area contributed by atoms with Crippen molar-refractivity contribution in [3.8, 4) is 0 Å². The van der Waals surface area contributed by atoms with Crippen molar-refractivity contribution in [2.24, 2.45) is 0 Å². The molecule has 0 aliphatic heterocycles. The molecule has 0 unspecified atom stereocenters. The number of rotatable bonds is 5. The van der Waals surface area contributed by atoms with Crippen LogP contribution in [-0.2, 0) is 9.53 Å². The fourth-order valence-electron chi connectivity index (χ4n) is 0.624. The van der Waals surface area contributed by atoms with Crippen LogP contribution in [-0.4, -0.2) is 20.5 Å². The predicted octanol–water partition coefficient (Wildman–Crippen LogP) is 1.99. The van der Waals surface area contributed by atoms with E-state index in [1.54, 1.807) is 0 Å². The van der Waals surface area contributed by atoms with E-state index in [2.05, 4.69) is 17.8 Å². The average Bonchev–Trinajstić information content (AvgIpc) is 1.78. The molecule has 4 heteroatoms. The lowest BCUT2D eigenvalue weighted by Crippen LogP contribution is -2.16. The third kappa shape index (κ3) is 7.98. The molecule has 0 aromatic rings. The molecule has 0 radical (unpaired) electrons. The van der Waals surface area contributed by atoms with Gasteiger partial charge in [-0.1, -0.05) is 13.1 Å². The number of hydrogen-bond acceptors (Lipinski definition) is 2. The van der Waals surface area contributed by atoms with Crippen molar-refractivity contribution in [1.29, 1.82) is 0 Å². The Bertz CT molecular complexity index is 100. The molecule has 0 aliphatic carbocycles. The summed E-state index contributed by atoms with van der Waals surface area (Å²) in [6, 6.07) is 1.00. The summed E-state index contributed by atoms with van der Waals surface area (Å²) in [4.78, 5) is 9.69. The van der Waals surface area contributed by atoms with Crippen LogP contribution >= 0.6 is 11.1 Å². The van der Waals surface area contributed by atoms with Crippen LogP contribution in [0, 0.1) is 0 Å². The van der Waals surface area contributed by atoms with E-state index in [4.69, 9.17) is 11.1 Å². The molecule has 0 aromatic carbocycles. The summed E-state index contributed by atoms with van der Waals surface area (Å²) in [5, 5.41) is 0. The van der Waals surface area contributed by atoms with E-state index in [9.17, 15) is 4.79 Å². The van der Waals surface area contributed by atoms with Crippen molar-refractivity contribution in [2.75, 3.05) is 6.61 Å². The standard InChI is InChI=1S/C6H13ClO2Si/c1-10(2,7)5-3-4-9-6-8/h6H,3-5H2,1-2H3. The normalized spacial score (nSPS) is 11.1. The quantitative estimate of drug-likeness (QED) is 0.280. The third-order valence-corrected chi connectivity index (χ3v) is 3.21. The maximum atomic E-state index is 9.69. The van der Waals surface area contributed by atoms with E-state index in [-0.39, 0.29) is 0 Å². The van der Waals surface area contributed by atoms with Crippen LogP contribution in [0.3, 0.4) is 0 Å². The second-order valence-corrected chi connectivity index (χ2v) is 9.80. The van der Waals surface area contributed by atoms with Gasteiger partial charge in [-0.05, 0) is 12.5 Å². The summed E-state index contributed by atoms with van der Waals surface area (Å²) in [7, 11) is -1.43. The zero-order valence-electron chi connectivity index (χ0n) is 6.39. The van der Waals surface area contributed by atoms with Crippen LogP contribution in [0.1, 0.15) is 6.42 Å². The van der Waals surface area contributed by atoms with Crippen LogP contribution in [0.25, 0.3) is 0 Å². The van der Waals surface area contributed by atoms with Crippen molar-refractivity contribution in [2.45, 2.75) is 25.6 Å². The highest BCUT2D eigenvalue weighted by Gasteiger charge is 2.15. The van der Waals surface area contributed by atoms with Gasteiger partial charge in [-0.25, -0.2) is 0 Å². The Labute approximate surface area is 67.2 Å². The van der Waals surface area contributed by atoms with Gasteiger partial charge in [-0.2, -0.15) is 11.1 Å². The van der Waals surface area contributed by atoms with Crippen molar-refractivity contribution in [3.63, 3.8) is 0 Å². The van der Waals surface area contributed by atoms with E-state index >= 15 is 0 Å². The van der Waals surface area contributed by atoms with Crippen LogP contribution in [0.15, 0.2) is 0 Å². The van der Waals surface area contributed by atoms with Gasteiger partial charge in [0.25, 0.3) is 6.47 Å². The lowest BCUT2D eigenvalue weighted by atomic mass is 10.5. The van der Waals surface area contributed by atoms with Crippen molar-refractivity contribution in [3.05, 3.63) is 0 Å². The molecule has 60 valence electrons. The van der Waals surface area contributed by atoms with E-state index in [0.717, 1.165) is 12.5 Å². The summed E-state index contributed by atoms with van der Waals surface area (Å²) in [6.45, 7) is 5.14. The molecule has 0 atom stereocenters. The number of hydrogen-bond donors (Lipinski definition) is 0. The first-order valence-electron chi connectivity index (χ1n) is 3.30. The summed E-state index contributed by atoms with van der Waals surface area (Å²) in [5.74, 6) is 0. The maximum Gasteiger partial charge on any atom is 0.293 e. The Hall–Kier alpha value is -0.0231. The maximum absolute atomic E-state index is 9.69. The van der Waals surface area contributed by atoms with Gasteiger partial charge in [-0.3, -0.25) is 4.79 Å². The Balaban J connectivity index is 3.12. The number of carbonyl (C=O) groups excluding carboxylic acids is 1. The second-order valence-electron chi connectivity index (χ2n) is 2.79. The minimum absolute atomic E-state index is 0.475. The van der Waals surface area contributed by atoms with Crippen molar-refractivity contribution in [1.82, 2.24) is 0 Å². The van der Waals surface area contributed by atoms with Crippen LogP contribution in [0.4, 0.5) is 0 Å². The summed E-state index contributed by atoms with van der Waals surface area (Å²) in [6.07, 6.45) is 0.890. The largest absolute Gasteiger partial charge is 0.468 e. The molecule has 0 rings (SSSR count). The smallest absolute Gasteiger partial charge is 0.293 e. The highest BCUT2D eigenvalue weighted by atomic mass is 35.6. The van der Waals surface area contributed by atoms with Crippen molar-refractivity contribution >= 4 is 24.9 Å². The van der Waals surface area contributed by atoms with Gasteiger partial charge in [0.1, 0.15) is 0 Å². The van der Waals surface area contributed by atoms with E-state index in [0.29, 0.717) is 13.1 Å². The van der Waals surface area contributed by atoms with Gasteiger partial charge in [0, 0.05) is 0 Å². The van der Waals surface area contributed by atoms with Gasteiger partial charge in [0.2, 0.25) is 0 Å². The molecule has 2 nitrogen and oxygen atoms in total. The Morgan fingerprint density at radius 1 is 1.60 bits per heavy atom. The minimum Gasteiger partial charge on any atom is -0.468 e. The molecular weight excluding hydrogens is 168 g/mol. The second kappa shape index (κ2) is 4.74. The zero-order chi connectivity index (χ0) is 8.04. The molecule has 0 saturated carbocycles. The van der Waals surface area contributed by atoms with Gasteiger partial charge >= 0.3 is 0 Å². The topological polar surface area (TPSA) is 26.3 Å². The van der Waals surface area contributed by atoms with Gasteiger partial charge in [0.05, 0.1) is 6.61 Å². The lowest BCUT2D eigenvalue weighted by molar-refractivity contribution is -0.128. The highest BCUT2D eigenvalue weighted by molar-refractivity contribution is 7.19. The fraction of sp³-hybridized carbons (Fsp3) is 0.833. The Morgan fingerprint density at radius 2 is 2.20 bits per heavy atom. The Kier molecular flexibility index (Phi) is 4.73. The number of carbonyl (C=O) groups is 1. The molecule has 0 bridgehead atoms. The van der Waals surface area contributed by atoms with Gasteiger partial charge in [0.15, 0.2) is 7.38 Å². The minimum atomic E-state index is -1.43. The molecule has 0 N–H and O–H groups in total. The molecule has 10 heavy (non-hydrogen) atoms. The van der Waals surface area contributed by atoms with E-state index < -0.39 is 7.38 Å². The van der Waals surface area contributed by atoms with Crippen LogP contribution in [0.2, 0.25) is 19.1 Å². The summed E-state index contributed by atoms with van der Waals surface area (Å²) in [5.41, 5.74) is 0. The summed E-state index contributed by atoms with van der Waals surface area (Å²) >= 11 is 6.01. The Morgan fingerprint density at radius 3 is 2.60 bits per heavy atom. The first-order chi connectivity index (χ1) is 4.56. The predicted molar refractivity (Wildman–Crippen MR) is 44.8 cm³/mol. The monoisotopic (exact) mass is 180 g/mol. The molecular formula is C6H13ClO2Si. The first-order valence-corrected chi connectivity index (χ1v) is 7.52. The molecule has 0 saturated heterocycles. The number of ether oxygens (including phenoxy) is 1. The number of halogens is 1. The van der Waals surface area contributed by atoms with Crippen LogP contribution in [0.5, 0.6) is 0 Å². The lowest BCUT2D eigenvalue weighted by Gasteiger charge is -2.10. The fourth-order valence-corrected chi connectivity index (χ4v) is 2.01. The van der Waals surface area contributed by atoms with E-state index in [1.807, 2.05) is 0 Å². The molecule has 0 spiro atoms. The highest BCUT2D eigenvalue weighted by Crippen LogP contribution is 2.15. The molecule has 0 amide bonds. The average molecular weight is 181 g/mol. The van der Waals surface area contributed by atoms with Gasteiger partial charge in [-0.15, -0.1) is 0 Å². The third-order valence-electron chi connectivity index (χ3n) is 1.10. The van der Waals surface area contributed by atoms with E-state index in [1.165, 1.54) is 0 Å². The first kappa shape index (κ1) is 9.98. The summed E-state index contributed by atoms with van der Waals surface area (Å²) < 4.78 is 4.51. The molecule has 0 aliphatic rings. The zero-order valence-corrected chi connectivity index (χ0v) is 8.15.